The number of hydrogen-bond donors (Lipinski definition) is 2. The van der Waals surface area contributed by atoms with Crippen LogP contribution in [0.4, 0.5) is 11.4 Å². The van der Waals surface area contributed by atoms with Gasteiger partial charge in [0.1, 0.15) is 5.01 Å². The average molecular weight is 448 g/mol. The van der Waals surface area contributed by atoms with Crippen LogP contribution in [0.25, 0.3) is 20.8 Å². The number of benzene rings is 3. The zero-order chi connectivity index (χ0) is 21.6. The maximum absolute atomic E-state index is 12.5. The molecule has 0 aliphatic heterocycles. The Hall–Kier alpha value is -3.16. The molecule has 4 rings (SSSR count). The van der Waals surface area contributed by atoms with Crippen LogP contribution in [0.1, 0.15) is 5.56 Å². The lowest BCUT2D eigenvalue weighted by atomic mass is 10.2. The second-order valence-electron chi connectivity index (χ2n) is 6.99. The van der Waals surface area contributed by atoms with E-state index in [2.05, 4.69) is 10.6 Å². The first-order valence-electron chi connectivity index (χ1n) is 9.77. The van der Waals surface area contributed by atoms with Crippen molar-refractivity contribution in [2.24, 2.45) is 0 Å². The quantitative estimate of drug-likeness (QED) is 0.388. The van der Waals surface area contributed by atoms with Gasteiger partial charge in [0.25, 0.3) is 0 Å². The molecule has 2 amide bonds. The van der Waals surface area contributed by atoms with E-state index in [-0.39, 0.29) is 23.3 Å². The molecule has 7 heteroatoms. The summed E-state index contributed by atoms with van der Waals surface area (Å²) in [5, 5.41) is 6.67. The lowest BCUT2D eigenvalue weighted by Crippen LogP contribution is -2.18. The Morgan fingerprint density at radius 3 is 2.45 bits per heavy atom. The third-order valence-electron chi connectivity index (χ3n) is 4.49. The van der Waals surface area contributed by atoms with E-state index in [4.69, 9.17) is 4.98 Å². The molecule has 0 saturated heterocycles. The molecular formula is C24H21N3O2S2. The zero-order valence-corrected chi connectivity index (χ0v) is 18.6. The molecule has 3 aromatic carbocycles. The number of rotatable bonds is 7. The van der Waals surface area contributed by atoms with Gasteiger partial charge in [-0.15, -0.1) is 23.1 Å². The fourth-order valence-corrected chi connectivity index (χ4v) is 4.73. The van der Waals surface area contributed by atoms with Crippen LogP contribution in [0.3, 0.4) is 0 Å². The van der Waals surface area contributed by atoms with Crippen molar-refractivity contribution >= 4 is 56.5 Å². The van der Waals surface area contributed by atoms with Crippen LogP contribution in [-0.4, -0.2) is 28.3 Å². The number of anilines is 2. The van der Waals surface area contributed by atoms with Crippen molar-refractivity contribution in [2.45, 2.75) is 6.92 Å². The van der Waals surface area contributed by atoms with E-state index in [0.29, 0.717) is 0 Å². The molecular weight excluding hydrogens is 426 g/mol. The Bertz CT molecular complexity index is 1200. The minimum atomic E-state index is -0.151. The van der Waals surface area contributed by atoms with Crippen molar-refractivity contribution in [1.29, 1.82) is 0 Å². The van der Waals surface area contributed by atoms with Gasteiger partial charge in [0, 0.05) is 11.3 Å². The maximum atomic E-state index is 12.5. The number of amides is 2. The molecule has 0 fully saturated rings. The smallest absolute Gasteiger partial charge is 0.234 e. The highest BCUT2D eigenvalue weighted by atomic mass is 32.2. The number of aromatic nitrogens is 1. The number of nitrogens with zero attached hydrogens (tertiary/aromatic N) is 1. The topological polar surface area (TPSA) is 71.1 Å². The maximum Gasteiger partial charge on any atom is 0.234 e. The third-order valence-corrected chi connectivity index (χ3v) is 6.50. The summed E-state index contributed by atoms with van der Waals surface area (Å²) in [6.45, 7) is 1.97. The van der Waals surface area contributed by atoms with Crippen LogP contribution in [-0.2, 0) is 9.59 Å². The van der Waals surface area contributed by atoms with Gasteiger partial charge in [0.05, 0.1) is 27.4 Å². The monoisotopic (exact) mass is 447 g/mol. The standard InChI is InChI=1S/C24H21N3O2S2/c1-16-7-6-8-17(13-16)25-22(28)14-30-15-23(29)26-19-10-3-2-9-18(19)24-27-20-11-4-5-12-21(20)31-24/h2-13H,14-15H2,1H3,(H,25,28)(H,26,29). The van der Waals surface area contributed by atoms with Crippen LogP contribution in [0, 0.1) is 6.92 Å². The predicted molar refractivity (Wildman–Crippen MR) is 131 cm³/mol. The summed E-state index contributed by atoms with van der Waals surface area (Å²) >= 11 is 2.88. The fourth-order valence-electron chi connectivity index (χ4n) is 3.11. The van der Waals surface area contributed by atoms with Crippen molar-refractivity contribution in [3.63, 3.8) is 0 Å². The number of thioether (sulfide) groups is 1. The summed E-state index contributed by atoms with van der Waals surface area (Å²) in [6.07, 6.45) is 0. The van der Waals surface area contributed by atoms with Crippen LogP contribution < -0.4 is 10.6 Å². The molecule has 0 radical (unpaired) electrons. The van der Waals surface area contributed by atoms with Gasteiger partial charge in [-0.3, -0.25) is 9.59 Å². The molecule has 0 unspecified atom stereocenters. The minimum absolute atomic E-state index is 0.127. The van der Waals surface area contributed by atoms with Gasteiger partial charge in [-0.25, -0.2) is 4.98 Å². The van der Waals surface area contributed by atoms with Crippen LogP contribution in [0.5, 0.6) is 0 Å². The van der Waals surface area contributed by atoms with Crippen molar-refractivity contribution < 1.29 is 9.59 Å². The van der Waals surface area contributed by atoms with Crippen LogP contribution in [0.15, 0.2) is 72.8 Å². The van der Waals surface area contributed by atoms with Gasteiger partial charge < -0.3 is 10.6 Å². The summed E-state index contributed by atoms with van der Waals surface area (Å²) < 4.78 is 1.11. The first-order chi connectivity index (χ1) is 15.1. The molecule has 0 saturated carbocycles. The highest BCUT2D eigenvalue weighted by molar-refractivity contribution is 8.00. The molecule has 31 heavy (non-hydrogen) atoms. The molecule has 5 nitrogen and oxygen atoms in total. The highest BCUT2D eigenvalue weighted by Crippen LogP contribution is 2.34. The average Bonchev–Trinajstić information content (AvgIpc) is 3.18. The van der Waals surface area contributed by atoms with E-state index in [1.54, 1.807) is 11.3 Å². The number of hydrogen-bond acceptors (Lipinski definition) is 5. The van der Waals surface area contributed by atoms with Crippen LogP contribution >= 0.6 is 23.1 Å². The van der Waals surface area contributed by atoms with E-state index in [0.717, 1.165) is 37.7 Å². The lowest BCUT2D eigenvalue weighted by molar-refractivity contribution is -0.114. The SMILES string of the molecule is Cc1cccc(NC(=O)CSCC(=O)Nc2ccccc2-c2nc3ccccc3s2)c1. The molecule has 1 heterocycles. The molecule has 0 atom stereocenters. The normalized spacial score (nSPS) is 10.7. The van der Waals surface area contributed by atoms with Gasteiger partial charge >= 0.3 is 0 Å². The van der Waals surface area contributed by atoms with Gasteiger partial charge in [-0.1, -0.05) is 36.4 Å². The largest absolute Gasteiger partial charge is 0.325 e. The van der Waals surface area contributed by atoms with Gasteiger partial charge in [-0.05, 0) is 48.9 Å². The number of carbonyl (C=O) groups excluding carboxylic acids is 2. The van der Waals surface area contributed by atoms with Crippen molar-refractivity contribution in [3.05, 3.63) is 78.4 Å². The van der Waals surface area contributed by atoms with Crippen molar-refractivity contribution in [3.8, 4) is 10.6 Å². The predicted octanol–water partition coefficient (Wildman–Crippen LogP) is 5.58. The van der Waals surface area contributed by atoms with Crippen molar-refractivity contribution in [2.75, 3.05) is 22.1 Å². The van der Waals surface area contributed by atoms with Crippen LogP contribution in [0.2, 0.25) is 0 Å². The molecule has 4 aromatic rings. The Labute approximate surface area is 188 Å². The Morgan fingerprint density at radius 2 is 1.65 bits per heavy atom. The molecule has 0 aliphatic carbocycles. The fraction of sp³-hybridized carbons (Fsp3) is 0.125. The summed E-state index contributed by atoms with van der Waals surface area (Å²) in [6, 6.07) is 23.2. The Balaban J connectivity index is 1.34. The molecule has 0 aliphatic rings. The summed E-state index contributed by atoms with van der Waals surface area (Å²) in [4.78, 5) is 29.3. The van der Waals surface area contributed by atoms with Gasteiger partial charge in [0.2, 0.25) is 11.8 Å². The number of carbonyl (C=O) groups is 2. The number of fused-ring (bicyclic) bond motifs is 1. The van der Waals surface area contributed by atoms with Crippen molar-refractivity contribution in [1.82, 2.24) is 4.98 Å². The molecule has 2 N–H and O–H groups in total. The van der Waals surface area contributed by atoms with E-state index in [9.17, 15) is 9.59 Å². The molecule has 156 valence electrons. The highest BCUT2D eigenvalue weighted by Gasteiger charge is 2.13. The number of nitrogens with one attached hydrogen (secondary N) is 2. The van der Waals surface area contributed by atoms with Gasteiger partial charge in [0.15, 0.2) is 0 Å². The lowest BCUT2D eigenvalue weighted by Gasteiger charge is -2.09. The van der Waals surface area contributed by atoms with Gasteiger partial charge in [-0.2, -0.15) is 0 Å². The van der Waals surface area contributed by atoms with E-state index >= 15 is 0 Å². The second kappa shape index (κ2) is 9.76. The number of thiazole rings is 1. The second-order valence-corrected chi connectivity index (χ2v) is 9.01. The number of aryl methyl sites for hydroxylation is 1. The first kappa shape index (κ1) is 21.1. The molecule has 1 aromatic heterocycles. The summed E-state index contributed by atoms with van der Waals surface area (Å²) in [7, 11) is 0. The number of para-hydroxylation sites is 2. The Morgan fingerprint density at radius 1 is 0.903 bits per heavy atom. The minimum Gasteiger partial charge on any atom is -0.325 e. The Kier molecular flexibility index (Phi) is 6.64. The molecule has 0 spiro atoms. The zero-order valence-electron chi connectivity index (χ0n) is 16.9. The molecule has 0 bridgehead atoms. The first-order valence-corrected chi connectivity index (χ1v) is 11.7. The van der Waals surface area contributed by atoms with E-state index in [1.807, 2.05) is 79.7 Å². The van der Waals surface area contributed by atoms with E-state index < -0.39 is 0 Å². The van der Waals surface area contributed by atoms with E-state index in [1.165, 1.54) is 11.8 Å². The summed E-state index contributed by atoms with van der Waals surface area (Å²) in [5.74, 6) is 0.122. The third kappa shape index (κ3) is 5.51. The summed E-state index contributed by atoms with van der Waals surface area (Å²) in [5.41, 5.74) is 4.39.